The first-order valence-electron chi connectivity index (χ1n) is 7.30. The van der Waals surface area contributed by atoms with Crippen LogP contribution in [0.25, 0.3) is 22.0 Å². The van der Waals surface area contributed by atoms with E-state index in [1.807, 2.05) is 37.3 Å². The maximum atomic E-state index is 12.4. The number of para-hydroxylation sites is 1. The number of rotatable bonds is 3. The minimum Gasteiger partial charge on any atom is -0.459 e. The summed E-state index contributed by atoms with van der Waals surface area (Å²) < 4.78 is 5.78. The number of carbonyl (C=O) groups is 1. The maximum Gasteiger partial charge on any atom is 0.251 e. The average molecular weight is 306 g/mol. The summed E-state index contributed by atoms with van der Waals surface area (Å²) in [7, 11) is 0. The highest BCUT2D eigenvalue weighted by Crippen LogP contribution is 2.24. The van der Waals surface area contributed by atoms with Crippen LogP contribution in [0, 0.1) is 0 Å². The minimum atomic E-state index is -0.233. The van der Waals surface area contributed by atoms with Gasteiger partial charge in [0.25, 0.3) is 5.91 Å². The Bertz CT molecular complexity index is 969. The van der Waals surface area contributed by atoms with Crippen molar-refractivity contribution in [1.29, 1.82) is 0 Å². The van der Waals surface area contributed by atoms with Gasteiger partial charge in [0.2, 0.25) is 0 Å². The Labute approximate surface area is 131 Å². The van der Waals surface area contributed by atoms with Gasteiger partial charge in [-0.05, 0) is 37.3 Å². The zero-order chi connectivity index (χ0) is 15.8. The molecule has 114 valence electrons. The molecule has 0 radical (unpaired) electrons. The lowest BCUT2D eigenvalue weighted by Crippen LogP contribution is -2.26. The number of benzene rings is 2. The van der Waals surface area contributed by atoms with E-state index in [-0.39, 0.29) is 11.9 Å². The van der Waals surface area contributed by atoms with Crippen LogP contribution in [-0.4, -0.2) is 21.3 Å². The fourth-order valence-electron chi connectivity index (χ4n) is 2.55. The topological polar surface area (TPSA) is 83.8 Å². The van der Waals surface area contributed by atoms with Gasteiger partial charge in [0.05, 0.1) is 6.04 Å². The van der Waals surface area contributed by atoms with Crippen molar-refractivity contribution in [2.75, 3.05) is 0 Å². The van der Waals surface area contributed by atoms with E-state index in [0.717, 1.165) is 22.2 Å². The number of hydrogen-bond donors (Lipinski definition) is 2. The number of H-pyrrole nitrogens is 1. The second-order valence-electron chi connectivity index (χ2n) is 5.41. The largest absolute Gasteiger partial charge is 0.459 e. The van der Waals surface area contributed by atoms with E-state index in [2.05, 4.69) is 20.7 Å². The lowest BCUT2D eigenvalue weighted by Gasteiger charge is -2.11. The molecule has 0 saturated heterocycles. The van der Waals surface area contributed by atoms with Crippen LogP contribution in [0.3, 0.4) is 0 Å². The molecule has 4 aromatic rings. The Kier molecular flexibility index (Phi) is 3.08. The van der Waals surface area contributed by atoms with Gasteiger partial charge in [-0.2, -0.15) is 15.4 Å². The molecule has 6 heteroatoms. The quantitative estimate of drug-likeness (QED) is 0.609. The van der Waals surface area contributed by atoms with Crippen LogP contribution < -0.4 is 5.32 Å². The normalized spacial score (nSPS) is 12.6. The summed E-state index contributed by atoms with van der Waals surface area (Å²) in [5.74, 6) is 0.546. The molecule has 0 aliphatic carbocycles. The molecule has 4 rings (SSSR count). The SMILES string of the molecule is C[C@@H](NC(=O)c1ccc2n[nH]nc2c1)c1cc2ccccc2o1. The highest BCUT2D eigenvalue weighted by Gasteiger charge is 2.16. The first-order chi connectivity index (χ1) is 11.2. The first-order valence-corrected chi connectivity index (χ1v) is 7.30. The highest BCUT2D eigenvalue weighted by molar-refractivity contribution is 5.97. The molecule has 0 bridgehead atoms. The molecule has 1 amide bonds. The Morgan fingerprint density at radius 1 is 1.13 bits per heavy atom. The van der Waals surface area contributed by atoms with Crippen LogP contribution in [0.15, 0.2) is 52.9 Å². The number of aromatic amines is 1. The fourth-order valence-corrected chi connectivity index (χ4v) is 2.55. The summed E-state index contributed by atoms with van der Waals surface area (Å²) in [5.41, 5.74) is 2.74. The van der Waals surface area contributed by atoms with Crippen LogP contribution in [0.5, 0.6) is 0 Å². The number of hydrogen-bond acceptors (Lipinski definition) is 4. The third-order valence-corrected chi connectivity index (χ3v) is 3.80. The Balaban J connectivity index is 1.57. The molecule has 2 N–H and O–H groups in total. The molecule has 0 aliphatic heterocycles. The van der Waals surface area contributed by atoms with Crippen LogP contribution in [0.1, 0.15) is 29.1 Å². The Hall–Kier alpha value is -3.15. The van der Waals surface area contributed by atoms with Crippen molar-refractivity contribution < 1.29 is 9.21 Å². The first kappa shape index (κ1) is 13.5. The highest BCUT2D eigenvalue weighted by atomic mass is 16.3. The number of aromatic nitrogens is 3. The van der Waals surface area contributed by atoms with Gasteiger partial charge < -0.3 is 9.73 Å². The Morgan fingerprint density at radius 2 is 1.96 bits per heavy atom. The molecule has 0 spiro atoms. The van der Waals surface area contributed by atoms with Gasteiger partial charge in [0.15, 0.2) is 0 Å². The van der Waals surface area contributed by atoms with Gasteiger partial charge in [-0.1, -0.05) is 18.2 Å². The molecule has 2 heterocycles. The second-order valence-corrected chi connectivity index (χ2v) is 5.41. The number of carbonyl (C=O) groups excluding carboxylic acids is 1. The van der Waals surface area contributed by atoms with Gasteiger partial charge in [-0.3, -0.25) is 4.79 Å². The predicted molar refractivity (Wildman–Crippen MR) is 86.0 cm³/mol. The number of amides is 1. The zero-order valence-corrected chi connectivity index (χ0v) is 12.4. The molecule has 6 nitrogen and oxygen atoms in total. The second kappa shape index (κ2) is 5.24. The molecule has 0 saturated carbocycles. The number of nitrogens with one attached hydrogen (secondary N) is 2. The molecule has 0 fully saturated rings. The molecule has 2 aromatic heterocycles. The zero-order valence-electron chi connectivity index (χ0n) is 12.4. The molecule has 23 heavy (non-hydrogen) atoms. The predicted octanol–water partition coefficient (Wildman–Crippen LogP) is 3.20. The van der Waals surface area contributed by atoms with Gasteiger partial charge in [0, 0.05) is 10.9 Å². The summed E-state index contributed by atoms with van der Waals surface area (Å²) in [5, 5.41) is 14.5. The number of fused-ring (bicyclic) bond motifs is 2. The molecule has 1 atom stereocenters. The fraction of sp³-hybridized carbons (Fsp3) is 0.118. The third kappa shape index (κ3) is 2.44. The number of furan rings is 1. The molecule has 2 aromatic carbocycles. The standard InChI is InChI=1S/C17H14N4O2/c1-10(16-9-11-4-2-3-5-15(11)23-16)18-17(22)12-6-7-13-14(8-12)20-21-19-13/h2-10H,1H3,(H,18,22)(H,19,20,21)/t10-/m1/s1. The Morgan fingerprint density at radius 3 is 2.83 bits per heavy atom. The van der Waals surface area contributed by atoms with Crippen molar-refractivity contribution in [2.24, 2.45) is 0 Å². The van der Waals surface area contributed by atoms with Crippen LogP contribution in [0.4, 0.5) is 0 Å². The lowest BCUT2D eigenvalue weighted by molar-refractivity contribution is 0.0936. The molecule has 0 unspecified atom stereocenters. The molecular weight excluding hydrogens is 292 g/mol. The van der Waals surface area contributed by atoms with Crippen molar-refractivity contribution in [2.45, 2.75) is 13.0 Å². The number of nitrogens with zero attached hydrogens (tertiary/aromatic N) is 2. The lowest BCUT2D eigenvalue weighted by atomic mass is 10.1. The average Bonchev–Trinajstić information content (AvgIpc) is 3.20. The summed E-state index contributed by atoms with van der Waals surface area (Å²) in [6.45, 7) is 1.89. The van der Waals surface area contributed by atoms with Gasteiger partial charge in [-0.25, -0.2) is 0 Å². The van der Waals surface area contributed by atoms with E-state index in [1.54, 1.807) is 18.2 Å². The monoisotopic (exact) mass is 306 g/mol. The van der Waals surface area contributed by atoms with E-state index in [4.69, 9.17) is 4.42 Å². The molecule has 0 aliphatic rings. The third-order valence-electron chi connectivity index (χ3n) is 3.80. The van der Waals surface area contributed by atoms with Crippen molar-refractivity contribution in [3.63, 3.8) is 0 Å². The van der Waals surface area contributed by atoms with Crippen molar-refractivity contribution in [3.05, 3.63) is 59.9 Å². The van der Waals surface area contributed by atoms with Gasteiger partial charge in [0.1, 0.15) is 22.4 Å². The summed E-state index contributed by atoms with van der Waals surface area (Å²) in [6, 6.07) is 14.7. The van der Waals surface area contributed by atoms with Crippen LogP contribution >= 0.6 is 0 Å². The van der Waals surface area contributed by atoms with E-state index < -0.39 is 0 Å². The summed E-state index contributed by atoms with van der Waals surface area (Å²) >= 11 is 0. The van der Waals surface area contributed by atoms with E-state index in [1.165, 1.54) is 0 Å². The van der Waals surface area contributed by atoms with Crippen molar-refractivity contribution in [3.8, 4) is 0 Å². The molecular formula is C17H14N4O2. The minimum absolute atomic E-state index is 0.178. The van der Waals surface area contributed by atoms with Gasteiger partial charge in [-0.15, -0.1) is 0 Å². The van der Waals surface area contributed by atoms with Crippen LogP contribution in [0.2, 0.25) is 0 Å². The van der Waals surface area contributed by atoms with E-state index in [9.17, 15) is 4.79 Å². The summed E-state index contributed by atoms with van der Waals surface area (Å²) in [4.78, 5) is 12.4. The van der Waals surface area contributed by atoms with E-state index >= 15 is 0 Å². The van der Waals surface area contributed by atoms with Crippen LogP contribution in [-0.2, 0) is 0 Å². The smallest absolute Gasteiger partial charge is 0.251 e. The van der Waals surface area contributed by atoms with E-state index in [0.29, 0.717) is 11.1 Å². The van der Waals surface area contributed by atoms with Gasteiger partial charge >= 0.3 is 0 Å². The maximum absolute atomic E-state index is 12.4. The summed E-state index contributed by atoms with van der Waals surface area (Å²) in [6.07, 6.45) is 0. The van der Waals surface area contributed by atoms with Crippen molar-refractivity contribution in [1.82, 2.24) is 20.7 Å². The van der Waals surface area contributed by atoms with Crippen molar-refractivity contribution >= 4 is 27.9 Å².